The van der Waals surface area contributed by atoms with Crippen LogP contribution in [0.1, 0.15) is 18.5 Å². The summed E-state index contributed by atoms with van der Waals surface area (Å²) in [5, 5.41) is 3.24. The minimum Gasteiger partial charge on any atom is -0.456 e. The van der Waals surface area contributed by atoms with Crippen LogP contribution >= 0.6 is 31.9 Å². The second kappa shape index (κ2) is 6.55. The molecule has 2 aromatic rings. The number of rotatable bonds is 4. The zero-order valence-corrected chi connectivity index (χ0v) is 14.0. The number of hydrogen-bond donors (Lipinski definition) is 1. The van der Waals surface area contributed by atoms with Gasteiger partial charge in [-0.05, 0) is 60.2 Å². The predicted molar refractivity (Wildman–Crippen MR) is 85.8 cm³/mol. The Morgan fingerprint density at radius 3 is 2.47 bits per heavy atom. The lowest BCUT2D eigenvalue weighted by Gasteiger charge is -2.17. The summed E-state index contributed by atoms with van der Waals surface area (Å²) < 4.78 is 8.00. The molecule has 0 aromatic heterocycles. The summed E-state index contributed by atoms with van der Waals surface area (Å²) in [6.45, 7) is 2.11. The monoisotopic (exact) mass is 383 g/mol. The summed E-state index contributed by atoms with van der Waals surface area (Å²) in [7, 11) is 1.94. The van der Waals surface area contributed by atoms with Crippen molar-refractivity contribution in [2.24, 2.45) is 0 Å². The van der Waals surface area contributed by atoms with Gasteiger partial charge in [0.15, 0.2) is 0 Å². The summed E-state index contributed by atoms with van der Waals surface area (Å²) in [6, 6.07) is 14.1. The molecule has 0 aliphatic rings. The van der Waals surface area contributed by atoms with Crippen LogP contribution in [-0.2, 0) is 0 Å². The molecule has 100 valence electrons. The topological polar surface area (TPSA) is 21.3 Å². The molecule has 0 amide bonds. The maximum absolute atomic E-state index is 6.01. The Morgan fingerprint density at radius 1 is 1.05 bits per heavy atom. The lowest BCUT2D eigenvalue weighted by Crippen LogP contribution is -2.13. The first kappa shape index (κ1) is 14.6. The normalized spacial score (nSPS) is 12.2. The molecule has 1 atom stereocenters. The van der Waals surface area contributed by atoms with Crippen LogP contribution in [0.15, 0.2) is 51.4 Å². The molecule has 0 spiro atoms. The smallest absolute Gasteiger partial charge is 0.141 e. The first-order valence-electron chi connectivity index (χ1n) is 6.01. The van der Waals surface area contributed by atoms with Crippen molar-refractivity contribution in [2.45, 2.75) is 13.0 Å². The van der Waals surface area contributed by atoms with Gasteiger partial charge in [-0.15, -0.1) is 0 Å². The number of halogens is 2. The van der Waals surface area contributed by atoms with Crippen LogP contribution in [0.3, 0.4) is 0 Å². The molecule has 19 heavy (non-hydrogen) atoms. The van der Waals surface area contributed by atoms with E-state index in [1.54, 1.807) is 0 Å². The fraction of sp³-hybridized carbons (Fsp3) is 0.200. The highest BCUT2D eigenvalue weighted by Crippen LogP contribution is 2.34. The van der Waals surface area contributed by atoms with Crippen LogP contribution in [-0.4, -0.2) is 7.05 Å². The molecule has 0 saturated heterocycles. The third-order valence-corrected chi connectivity index (χ3v) is 4.08. The lowest BCUT2D eigenvalue weighted by atomic mass is 10.1. The van der Waals surface area contributed by atoms with Gasteiger partial charge < -0.3 is 10.1 Å². The Balaban J connectivity index is 2.37. The molecular formula is C15H15Br2NO. The largest absolute Gasteiger partial charge is 0.456 e. The van der Waals surface area contributed by atoms with Crippen LogP contribution < -0.4 is 10.1 Å². The molecule has 1 N–H and O–H groups in total. The average molecular weight is 385 g/mol. The molecular weight excluding hydrogens is 370 g/mol. The zero-order valence-electron chi connectivity index (χ0n) is 10.8. The Kier molecular flexibility index (Phi) is 5.02. The van der Waals surface area contributed by atoms with E-state index >= 15 is 0 Å². The molecule has 2 rings (SSSR count). The Bertz CT molecular complexity index is 572. The first-order chi connectivity index (χ1) is 9.11. The third kappa shape index (κ3) is 3.59. The fourth-order valence-electron chi connectivity index (χ4n) is 1.75. The SMILES string of the molecule is CNC(C)c1cc(Br)ccc1Oc1ccccc1Br. The van der Waals surface area contributed by atoms with Gasteiger partial charge in [0.1, 0.15) is 11.5 Å². The molecule has 0 saturated carbocycles. The summed E-state index contributed by atoms with van der Waals surface area (Å²) in [6.07, 6.45) is 0. The van der Waals surface area contributed by atoms with Crippen molar-refractivity contribution < 1.29 is 4.74 Å². The third-order valence-electron chi connectivity index (χ3n) is 2.93. The number of para-hydroxylation sites is 1. The van der Waals surface area contributed by atoms with Crippen molar-refractivity contribution in [1.82, 2.24) is 5.32 Å². The second-order valence-electron chi connectivity index (χ2n) is 4.22. The van der Waals surface area contributed by atoms with E-state index in [1.807, 2.05) is 43.4 Å². The van der Waals surface area contributed by atoms with Gasteiger partial charge in [-0.2, -0.15) is 0 Å². The van der Waals surface area contributed by atoms with Crippen molar-refractivity contribution in [3.05, 3.63) is 57.0 Å². The standard InChI is InChI=1S/C15H15Br2NO/c1-10(18-2)12-9-11(16)7-8-14(12)19-15-6-4-3-5-13(15)17/h3-10,18H,1-2H3. The summed E-state index contributed by atoms with van der Waals surface area (Å²) in [5.74, 6) is 1.67. The van der Waals surface area contributed by atoms with Gasteiger partial charge in [0.25, 0.3) is 0 Å². The van der Waals surface area contributed by atoms with Crippen molar-refractivity contribution in [2.75, 3.05) is 7.05 Å². The van der Waals surface area contributed by atoms with E-state index in [0.29, 0.717) is 0 Å². The second-order valence-corrected chi connectivity index (χ2v) is 6.00. The maximum atomic E-state index is 6.01. The van der Waals surface area contributed by atoms with Gasteiger partial charge in [0.05, 0.1) is 4.47 Å². The number of ether oxygens (including phenoxy) is 1. The van der Waals surface area contributed by atoms with Gasteiger partial charge in [-0.25, -0.2) is 0 Å². The molecule has 0 heterocycles. The van der Waals surface area contributed by atoms with Gasteiger partial charge in [-0.1, -0.05) is 28.1 Å². The average Bonchev–Trinajstić information content (AvgIpc) is 2.42. The summed E-state index contributed by atoms with van der Waals surface area (Å²) in [5.41, 5.74) is 1.12. The zero-order chi connectivity index (χ0) is 13.8. The molecule has 0 radical (unpaired) electrons. The highest BCUT2D eigenvalue weighted by molar-refractivity contribution is 9.10. The van der Waals surface area contributed by atoms with Crippen molar-refractivity contribution in [3.63, 3.8) is 0 Å². The van der Waals surface area contributed by atoms with Gasteiger partial charge in [0, 0.05) is 16.1 Å². The Morgan fingerprint density at radius 2 is 1.79 bits per heavy atom. The summed E-state index contributed by atoms with van der Waals surface area (Å²) in [4.78, 5) is 0. The van der Waals surface area contributed by atoms with E-state index in [1.165, 1.54) is 0 Å². The number of benzene rings is 2. The maximum Gasteiger partial charge on any atom is 0.141 e. The molecule has 0 aliphatic heterocycles. The highest BCUT2D eigenvalue weighted by Gasteiger charge is 2.12. The molecule has 1 unspecified atom stereocenters. The van der Waals surface area contributed by atoms with E-state index in [2.05, 4.69) is 50.2 Å². The van der Waals surface area contributed by atoms with Gasteiger partial charge in [0.2, 0.25) is 0 Å². The van der Waals surface area contributed by atoms with E-state index in [0.717, 1.165) is 26.0 Å². The van der Waals surface area contributed by atoms with Crippen molar-refractivity contribution >= 4 is 31.9 Å². The van der Waals surface area contributed by atoms with E-state index in [-0.39, 0.29) is 6.04 Å². The lowest BCUT2D eigenvalue weighted by molar-refractivity contribution is 0.463. The molecule has 2 nitrogen and oxygen atoms in total. The van der Waals surface area contributed by atoms with Crippen LogP contribution in [0.4, 0.5) is 0 Å². The molecule has 0 aliphatic carbocycles. The van der Waals surface area contributed by atoms with Gasteiger partial charge >= 0.3 is 0 Å². The van der Waals surface area contributed by atoms with E-state index < -0.39 is 0 Å². The highest BCUT2D eigenvalue weighted by atomic mass is 79.9. The first-order valence-corrected chi connectivity index (χ1v) is 7.59. The predicted octanol–water partition coefficient (Wildman–Crippen LogP) is 5.28. The van der Waals surface area contributed by atoms with Crippen molar-refractivity contribution in [1.29, 1.82) is 0 Å². The Labute approximate surface area is 130 Å². The van der Waals surface area contributed by atoms with Crippen LogP contribution in [0.5, 0.6) is 11.5 Å². The Hall–Kier alpha value is -0.840. The van der Waals surface area contributed by atoms with Crippen molar-refractivity contribution in [3.8, 4) is 11.5 Å². The summed E-state index contributed by atoms with van der Waals surface area (Å²) >= 11 is 7.00. The van der Waals surface area contributed by atoms with Gasteiger partial charge in [-0.3, -0.25) is 0 Å². The minimum absolute atomic E-state index is 0.218. The molecule has 0 fully saturated rings. The van der Waals surface area contributed by atoms with E-state index in [4.69, 9.17) is 4.74 Å². The van der Waals surface area contributed by atoms with Crippen LogP contribution in [0.2, 0.25) is 0 Å². The molecule has 4 heteroatoms. The quantitative estimate of drug-likeness (QED) is 0.773. The van der Waals surface area contributed by atoms with Crippen LogP contribution in [0, 0.1) is 0 Å². The number of hydrogen-bond acceptors (Lipinski definition) is 2. The number of nitrogens with one attached hydrogen (secondary N) is 1. The molecule has 2 aromatic carbocycles. The van der Waals surface area contributed by atoms with E-state index in [9.17, 15) is 0 Å². The fourth-order valence-corrected chi connectivity index (χ4v) is 2.50. The molecule has 0 bridgehead atoms. The van der Waals surface area contributed by atoms with Crippen LogP contribution in [0.25, 0.3) is 0 Å². The minimum atomic E-state index is 0.218.